The van der Waals surface area contributed by atoms with Gasteiger partial charge in [-0.1, -0.05) is 5.21 Å². The van der Waals surface area contributed by atoms with Gasteiger partial charge in [0.25, 0.3) is 0 Å². The third-order valence-electron chi connectivity index (χ3n) is 3.09. The molecule has 0 aliphatic heterocycles. The first kappa shape index (κ1) is 19.4. The normalized spacial score (nSPS) is 12.3. The molecule has 1 aromatic rings. The van der Waals surface area contributed by atoms with Crippen molar-refractivity contribution in [1.29, 1.82) is 0 Å². The quantitative estimate of drug-likeness (QED) is 0.813. The largest absolute Gasteiger partial charge is 0.444 e. The highest BCUT2D eigenvalue weighted by Crippen LogP contribution is 2.11. The average Bonchev–Trinajstić information content (AvgIpc) is 2.84. The number of hydrogen-bond acceptors (Lipinski definition) is 5. The van der Waals surface area contributed by atoms with Crippen molar-refractivity contribution >= 4 is 6.09 Å². The number of rotatable bonds is 6. The Hall–Kier alpha value is -1.63. The van der Waals surface area contributed by atoms with Crippen molar-refractivity contribution in [2.45, 2.75) is 65.6 Å². The second-order valence-electron chi connectivity index (χ2n) is 7.76. The maximum absolute atomic E-state index is 11.8. The van der Waals surface area contributed by atoms with Crippen LogP contribution < -0.4 is 5.32 Å². The maximum Gasteiger partial charge on any atom is 0.410 e. The first-order valence-corrected chi connectivity index (χ1v) is 8.05. The lowest BCUT2D eigenvalue weighted by atomic mass is 10.1. The van der Waals surface area contributed by atoms with Gasteiger partial charge in [-0.2, -0.15) is 0 Å². The first-order valence-electron chi connectivity index (χ1n) is 8.05. The summed E-state index contributed by atoms with van der Waals surface area (Å²) in [5.41, 5.74) is 0.407. The Bertz CT molecular complexity index is 499. The van der Waals surface area contributed by atoms with Gasteiger partial charge in [-0.15, -0.1) is 5.10 Å². The zero-order chi connectivity index (χ0) is 17.7. The van der Waals surface area contributed by atoms with Crippen molar-refractivity contribution in [2.75, 3.05) is 20.1 Å². The Morgan fingerprint density at radius 1 is 1.30 bits per heavy atom. The summed E-state index contributed by atoms with van der Waals surface area (Å²) in [4.78, 5) is 13.4. The number of carbonyl (C=O) groups excluding carboxylic acids is 1. The van der Waals surface area contributed by atoms with Crippen LogP contribution in [0.1, 0.15) is 53.7 Å². The fraction of sp³-hybridized carbons (Fsp3) is 0.812. The number of nitrogens with zero attached hydrogens (tertiary/aromatic N) is 4. The van der Waals surface area contributed by atoms with E-state index in [9.17, 15) is 4.79 Å². The van der Waals surface area contributed by atoms with Crippen molar-refractivity contribution in [1.82, 2.24) is 25.2 Å². The number of amides is 1. The molecule has 1 rings (SSSR count). The summed E-state index contributed by atoms with van der Waals surface area (Å²) >= 11 is 0. The summed E-state index contributed by atoms with van der Waals surface area (Å²) in [6, 6.07) is 0. The SMILES string of the molecule is CN(CCCNCc1cn(C(C)(C)C)nn1)C(=O)OC(C)(C)C. The first-order chi connectivity index (χ1) is 10.5. The van der Waals surface area contributed by atoms with Gasteiger partial charge in [-0.25, -0.2) is 9.48 Å². The molecule has 0 atom stereocenters. The van der Waals surface area contributed by atoms with Crippen molar-refractivity contribution in [3.8, 4) is 0 Å². The van der Waals surface area contributed by atoms with E-state index < -0.39 is 5.60 Å². The molecular formula is C16H31N5O2. The predicted molar refractivity (Wildman–Crippen MR) is 90.2 cm³/mol. The van der Waals surface area contributed by atoms with E-state index in [2.05, 4.69) is 36.4 Å². The van der Waals surface area contributed by atoms with Gasteiger partial charge >= 0.3 is 6.09 Å². The number of nitrogens with one attached hydrogen (secondary N) is 1. The number of ether oxygens (including phenoxy) is 1. The Balaban J connectivity index is 2.23. The highest BCUT2D eigenvalue weighted by Gasteiger charge is 2.19. The third kappa shape index (κ3) is 7.45. The summed E-state index contributed by atoms with van der Waals surface area (Å²) in [6.45, 7) is 14.0. The van der Waals surface area contributed by atoms with E-state index in [1.165, 1.54) is 0 Å². The summed E-state index contributed by atoms with van der Waals surface area (Å²) < 4.78 is 7.17. The lowest BCUT2D eigenvalue weighted by Gasteiger charge is -2.24. The van der Waals surface area contributed by atoms with Gasteiger partial charge in [0.2, 0.25) is 0 Å². The van der Waals surface area contributed by atoms with Crippen LogP contribution in [0.3, 0.4) is 0 Å². The maximum atomic E-state index is 11.8. The van der Waals surface area contributed by atoms with Gasteiger partial charge in [-0.3, -0.25) is 0 Å². The summed E-state index contributed by atoms with van der Waals surface area (Å²) in [7, 11) is 1.75. The molecule has 1 amide bonds. The topological polar surface area (TPSA) is 72.3 Å². The molecule has 0 spiro atoms. The molecule has 132 valence electrons. The minimum absolute atomic E-state index is 0.0542. The van der Waals surface area contributed by atoms with Gasteiger partial charge in [-0.05, 0) is 54.5 Å². The van der Waals surface area contributed by atoms with Gasteiger partial charge in [0.15, 0.2) is 0 Å². The average molecular weight is 325 g/mol. The molecule has 0 saturated carbocycles. The number of aromatic nitrogens is 3. The van der Waals surface area contributed by atoms with Gasteiger partial charge in [0, 0.05) is 20.1 Å². The van der Waals surface area contributed by atoms with Crippen molar-refractivity contribution < 1.29 is 9.53 Å². The molecule has 0 fully saturated rings. The van der Waals surface area contributed by atoms with Gasteiger partial charge in [0.05, 0.1) is 17.4 Å². The second kappa shape index (κ2) is 7.77. The van der Waals surface area contributed by atoms with Gasteiger partial charge < -0.3 is 15.0 Å². The Kier molecular flexibility index (Phi) is 6.56. The van der Waals surface area contributed by atoms with Crippen molar-refractivity contribution in [3.05, 3.63) is 11.9 Å². The van der Waals surface area contributed by atoms with E-state index in [0.29, 0.717) is 13.1 Å². The van der Waals surface area contributed by atoms with Crippen LogP contribution in [0.5, 0.6) is 0 Å². The molecule has 0 unspecified atom stereocenters. The summed E-state index contributed by atoms with van der Waals surface area (Å²) in [5.74, 6) is 0. The monoisotopic (exact) mass is 325 g/mol. The van der Waals surface area contributed by atoms with Crippen LogP contribution in [0.4, 0.5) is 4.79 Å². The van der Waals surface area contributed by atoms with Crippen LogP contribution in [-0.4, -0.2) is 51.7 Å². The van der Waals surface area contributed by atoms with E-state index >= 15 is 0 Å². The predicted octanol–water partition coefficient (Wildman–Crippen LogP) is 2.38. The highest BCUT2D eigenvalue weighted by molar-refractivity contribution is 5.67. The molecule has 1 aromatic heterocycles. The lowest BCUT2D eigenvalue weighted by Crippen LogP contribution is -2.35. The number of carbonyl (C=O) groups is 1. The van der Waals surface area contributed by atoms with E-state index in [1.807, 2.05) is 31.6 Å². The third-order valence-corrected chi connectivity index (χ3v) is 3.09. The Labute approximate surface area is 139 Å². The molecular weight excluding hydrogens is 294 g/mol. The van der Waals surface area contributed by atoms with E-state index in [-0.39, 0.29) is 11.6 Å². The van der Waals surface area contributed by atoms with Crippen LogP contribution in [0.2, 0.25) is 0 Å². The van der Waals surface area contributed by atoms with Crippen LogP contribution in [0, 0.1) is 0 Å². The van der Waals surface area contributed by atoms with E-state index in [1.54, 1.807) is 11.9 Å². The molecule has 23 heavy (non-hydrogen) atoms. The van der Waals surface area contributed by atoms with Crippen molar-refractivity contribution in [2.24, 2.45) is 0 Å². The molecule has 0 aliphatic carbocycles. The minimum Gasteiger partial charge on any atom is -0.444 e. The zero-order valence-corrected chi connectivity index (χ0v) is 15.5. The van der Waals surface area contributed by atoms with Crippen LogP contribution in [0.25, 0.3) is 0 Å². The van der Waals surface area contributed by atoms with E-state index in [4.69, 9.17) is 4.74 Å². The molecule has 0 aromatic carbocycles. The fourth-order valence-corrected chi connectivity index (χ4v) is 1.80. The summed E-state index contributed by atoms with van der Waals surface area (Å²) in [6.07, 6.45) is 2.52. The molecule has 0 radical (unpaired) electrons. The van der Waals surface area contributed by atoms with Crippen molar-refractivity contribution in [3.63, 3.8) is 0 Å². The molecule has 0 aliphatic rings. The van der Waals surface area contributed by atoms with E-state index in [0.717, 1.165) is 18.7 Å². The molecule has 1 heterocycles. The Morgan fingerprint density at radius 3 is 2.48 bits per heavy atom. The molecule has 0 bridgehead atoms. The Morgan fingerprint density at radius 2 is 1.96 bits per heavy atom. The van der Waals surface area contributed by atoms with Gasteiger partial charge in [0.1, 0.15) is 5.60 Å². The van der Waals surface area contributed by atoms with Crippen LogP contribution >= 0.6 is 0 Å². The van der Waals surface area contributed by atoms with Crippen LogP contribution in [-0.2, 0) is 16.8 Å². The molecule has 1 N–H and O–H groups in total. The highest BCUT2D eigenvalue weighted by atomic mass is 16.6. The minimum atomic E-state index is -0.456. The lowest BCUT2D eigenvalue weighted by molar-refractivity contribution is 0.0297. The summed E-state index contributed by atoms with van der Waals surface area (Å²) in [5, 5.41) is 11.6. The number of hydrogen-bond donors (Lipinski definition) is 1. The fourth-order valence-electron chi connectivity index (χ4n) is 1.80. The standard InChI is InChI=1S/C16H31N5O2/c1-15(2,3)21-12-13(18-19-21)11-17-9-8-10-20(7)14(22)23-16(4,5)6/h12,17H,8-11H2,1-7H3. The zero-order valence-electron chi connectivity index (χ0n) is 15.5. The van der Waals surface area contributed by atoms with Crippen LogP contribution in [0.15, 0.2) is 6.20 Å². The smallest absolute Gasteiger partial charge is 0.410 e. The molecule has 0 saturated heterocycles. The molecule has 7 nitrogen and oxygen atoms in total. The second-order valence-corrected chi connectivity index (χ2v) is 7.76. The molecule has 7 heteroatoms.